The van der Waals surface area contributed by atoms with E-state index in [4.69, 9.17) is 19.7 Å². The predicted octanol–water partition coefficient (Wildman–Crippen LogP) is 1.60. The van der Waals surface area contributed by atoms with Gasteiger partial charge in [0.25, 0.3) is 0 Å². The number of hydrogen-bond donors (Lipinski definition) is 2. The van der Waals surface area contributed by atoms with Crippen LogP contribution in [0.15, 0.2) is 24.3 Å². The molecule has 0 spiro atoms. The van der Waals surface area contributed by atoms with Crippen molar-refractivity contribution < 1.29 is 34.1 Å². The van der Waals surface area contributed by atoms with Crippen molar-refractivity contribution in [3.05, 3.63) is 24.3 Å². The van der Waals surface area contributed by atoms with Gasteiger partial charge >= 0.3 is 17.9 Å². The highest BCUT2D eigenvalue weighted by molar-refractivity contribution is 5.82. The highest BCUT2D eigenvalue weighted by Gasteiger charge is 2.11. The van der Waals surface area contributed by atoms with Crippen molar-refractivity contribution in [1.29, 1.82) is 0 Å². The lowest BCUT2D eigenvalue weighted by Gasteiger charge is -2.12. The second-order valence-electron chi connectivity index (χ2n) is 5.22. The smallest absolute Gasteiger partial charge is 0.330 e. The van der Waals surface area contributed by atoms with E-state index in [1.165, 1.54) is 25.2 Å². The van der Waals surface area contributed by atoms with Gasteiger partial charge in [0.05, 0.1) is 12.5 Å². The molecule has 0 aromatic rings. The van der Waals surface area contributed by atoms with Crippen LogP contribution in [0.3, 0.4) is 0 Å². The molecular weight excluding hydrogens is 304 g/mol. The van der Waals surface area contributed by atoms with E-state index < -0.39 is 36.2 Å². The molecule has 0 rings (SSSR count). The summed E-state index contributed by atoms with van der Waals surface area (Å²) in [4.78, 5) is 33.1. The third-order valence-corrected chi connectivity index (χ3v) is 2.56. The molecule has 0 bridgehead atoms. The van der Waals surface area contributed by atoms with Crippen LogP contribution in [-0.2, 0) is 23.9 Å². The van der Waals surface area contributed by atoms with E-state index in [1.54, 1.807) is 13.8 Å². The Labute approximate surface area is 135 Å². The van der Waals surface area contributed by atoms with Crippen LogP contribution < -0.4 is 0 Å². The van der Waals surface area contributed by atoms with Crippen LogP contribution in [-0.4, -0.2) is 46.4 Å². The fourth-order valence-corrected chi connectivity index (χ4v) is 1.56. The first-order valence-corrected chi connectivity index (χ1v) is 7.34. The number of carboxylic acid groups (broad SMARTS) is 1. The molecule has 0 saturated heterocycles. The Bertz CT molecular complexity index is 451. The summed E-state index contributed by atoms with van der Waals surface area (Å²) in [5.74, 6) is -2.10. The molecule has 0 amide bonds. The molecule has 0 saturated carbocycles. The Hall–Kier alpha value is -2.15. The van der Waals surface area contributed by atoms with Crippen molar-refractivity contribution in [3.63, 3.8) is 0 Å². The van der Waals surface area contributed by atoms with Gasteiger partial charge in [-0.05, 0) is 20.8 Å². The highest BCUT2D eigenvalue weighted by Crippen LogP contribution is 2.04. The summed E-state index contributed by atoms with van der Waals surface area (Å²) in [6.45, 7) is 4.82. The normalized spacial score (nSPS) is 15.3. The molecule has 7 nitrogen and oxygen atoms in total. The van der Waals surface area contributed by atoms with Gasteiger partial charge in [-0.25, -0.2) is 9.59 Å². The van der Waals surface area contributed by atoms with Gasteiger partial charge in [0.15, 0.2) is 0 Å². The molecule has 0 aliphatic rings. The van der Waals surface area contributed by atoms with E-state index in [1.807, 2.05) is 0 Å². The maximum Gasteiger partial charge on any atom is 0.330 e. The molecule has 0 aliphatic heterocycles. The first kappa shape index (κ1) is 20.9. The van der Waals surface area contributed by atoms with Crippen LogP contribution in [0.5, 0.6) is 0 Å². The van der Waals surface area contributed by atoms with Gasteiger partial charge in [-0.15, -0.1) is 0 Å². The summed E-state index contributed by atoms with van der Waals surface area (Å²) >= 11 is 0. The van der Waals surface area contributed by atoms with Gasteiger partial charge in [-0.3, -0.25) is 4.79 Å². The summed E-state index contributed by atoms with van der Waals surface area (Å²) in [5, 5.41) is 17.5. The maximum atomic E-state index is 11.5. The maximum absolute atomic E-state index is 11.5. The average Bonchev–Trinajstić information content (AvgIpc) is 2.36. The van der Waals surface area contributed by atoms with Crippen LogP contribution in [0.2, 0.25) is 0 Å². The topological polar surface area (TPSA) is 110 Å². The van der Waals surface area contributed by atoms with E-state index in [0.29, 0.717) is 12.8 Å². The molecule has 0 aliphatic carbocycles. The largest absolute Gasteiger partial charge is 0.478 e. The zero-order valence-corrected chi connectivity index (χ0v) is 13.6. The second kappa shape index (κ2) is 11.4. The van der Waals surface area contributed by atoms with Crippen LogP contribution in [0.1, 0.15) is 40.0 Å². The molecule has 0 unspecified atom stereocenters. The van der Waals surface area contributed by atoms with Crippen molar-refractivity contribution in [2.24, 2.45) is 0 Å². The SMILES string of the molecule is C[C@H](O)CC(=O)O[C@@H](C)CC=CC(=O)O[C@@H](C)CC=CC(=O)O. The highest BCUT2D eigenvalue weighted by atomic mass is 16.5. The number of aliphatic carboxylic acids is 1. The Morgan fingerprint density at radius 1 is 0.957 bits per heavy atom. The summed E-state index contributed by atoms with van der Waals surface area (Å²) in [7, 11) is 0. The van der Waals surface area contributed by atoms with Crippen LogP contribution in [0.25, 0.3) is 0 Å². The van der Waals surface area contributed by atoms with Gasteiger partial charge in [-0.2, -0.15) is 0 Å². The van der Waals surface area contributed by atoms with Crippen molar-refractivity contribution in [3.8, 4) is 0 Å². The summed E-state index contributed by atoms with van der Waals surface area (Å²) in [6, 6.07) is 0. The molecule has 3 atom stereocenters. The Kier molecular flexibility index (Phi) is 10.4. The van der Waals surface area contributed by atoms with Gasteiger partial charge in [0, 0.05) is 25.0 Å². The van der Waals surface area contributed by atoms with Gasteiger partial charge in [-0.1, -0.05) is 12.2 Å². The zero-order valence-electron chi connectivity index (χ0n) is 13.6. The molecule has 0 radical (unpaired) electrons. The van der Waals surface area contributed by atoms with Crippen molar-refractivity contribution >= 4 is 17.9 Å². The minimum atomic E-state index is -1.05. The molecular formula is C16H24O7. The first-order valence-electron chi connectivity index (χ1n) is 7.34. The summed E-state index contributed by atoms with van der Waals surface area (Å²) in [5.41, 5.74) is 0. The second-order valence-corrected chi connectivity index (χ2v) is 5.22. The molecule has 7 heteroatoms. The fourth-order valence-electron chi connectivity index (χ4n) is 1.56. The quantitative estimate of drug-likeness (QED) is 0.463. The lowest BCUT2D eigenvalue weighted by atomic mass is 10.2. The summed E-state index contributed by atoms with van der Waals surface area (Å²) in [6.07, 6.45) is 4.13. The summed E-state index contributed by atoms with van der Waals surface area (Å²) < 4.78 is 10.1. The standard InChI is InChI=1S/C16H24O7/c1-11(17)10-16(21)23-13(3)7-5-9-15(20)22-12(2)6-4-8-14(18)19/h4-5,8-9,11-13,17H,6-7,10H2,1-3H3,(H,18,19)/t11-,12-,13-/m0/s1. The van der Waals surface area contributed by atoms with E-state index in [2.05, 4.69) is 0 Å². The number of rotatable bonds is 10. The van der Waals surface area contributed by atoms with Crippen LogP contribution >= 0.6 is 0 Å². The minimum Gasteiger partial charge on any atom is -0.478 e. The number of aliphatic hydroxyl groups is 1. The van der Waals surface area contributed by atoms with E-state index in [0.717, 1.165) is 6.08 Å². The number of esters is 2. The lowest BCUT2D eigenvalue weighted by Crippen LogP contribution is -2.18. The monoisotopic (exact) mass is 328 g/mol. The number of carboxylic acids is 1. The van der Waals surface area contributed by atoms with Crippen LogP contribution in [0, 0.1) is 0 Å². The molecule has 0 fully saturated rings. The van der Waals surface area contributed by atoms with Crippen molar-refractivity contribution in [2.45, 2.75) is 58.3 Å². The van der Waals surface area contributed by atoms with Gasteiger partial charge < -0.3 is 19.7 Å². The van der Waals surface area contributed by atoms with Gasteiger partial charge in [0.2, 0.25) is 0 Å². The van der Waals surface area contributed by atoms with E-state index in [9.17, 15) is 14.4 Å². The number of aliphatic hydroxyl groups excluding tert-OH is 1. The van der Waals surface area contributed by atoms with Crippen LogP contribution in [0.4, 0.5) is 0 Å². The third-order valence-electron chi connectivity index (χ3n) is 2.56. The number of hydrogen-bond acceptors (Lipinski definition) is 6. The van der Waals surface area contributed by atoms with E-state index in [-0.39, 0.29) is 6.42 Å². The minimum absolute atomic E-state index is 0.0720. The molecule has 0 heterocycles. The first-order chi connectivity index (χ1) is 10.7. The molecule has 2 N–H and O–H groups in total. The Balaban J connectivity index is 4.03. The number of ether oxygens (including phenoxy) is 2. The van der Waals surface area contributed by atoms with Crippen molar-refractivity contribution in [2.75, 3.05) is 0 Å². The number of carbonyl (C=O) groups excluding carboxylic acids is 2. The van der Waals surface area contributed by atoms with E-state index >= 15 is 0 Å². The predicted molar refractivity (Wildman–Crippen MR) is 82.6 cm³/mol. The third kappa shape index (κ3) is 13.2. The zero-order chi connectivity index (χ0) is 17.8. The average molecular weight is 328 g/mol. The molecule has 0 aromatic heterocycles. The lowest BCUT2D eigenvalue weighted by molar-refractivity contribution is -0.150. The number of carbonyl (C=O) groups is 3. The fraction of sp³-hybridized carbons (Fsp3) is 0.562. The molecule has 0 aromatic carbocycles. The molecule has 23 heavy (non-hydrogen) atoms. The molecule has 130 valence electrons. The van der Waals surface area contributed by atoms with Gasteiger partial charge in [0.1, 0.15) is 12.2 Å². The Morgan fingerprint density at radius 3 is 2.00 bits per heavy atom. The van der Waals surface area contributed by atoms with Crippen molar-refractivity contribution in [1.82, 2.24) is 0 Å². The Morgan fingerprint density at radius 2 is 1.48 bits per heavy atom.